The van der Waals surface area contributed by atoms with E-state index in [1.54, 1.807) is 55.6 Å². The molecule has 3 rings (SSSR count). The predicted octanol–water partition coefficient (Wildman–Crippen LogP) is 3.60. The molecule has 0 aliphatic rings. The molecule has 35 heavy (non-hydrogen) atoms. The monoisotopic (exact) mass is 474 g/mol. The quantitative estimate of drug-likeness (QED) is 0.318. The summed E-state index contributed by atoms with van der Waals surface area (Å²) in [5.41, 5.74) is 3.10. The standard InChI is InChI=1S/C27H30N4O4/c1-19(20-8-4-3-5-9-20)30-27(34)22-11-7-13-24(17-22)31-25(32)18-29-23-12-6-10-21(16-23)26(33)28-14-15-35-2/h3-13,16-17,19,29H,14-15,18H2,1-2H3,(H,28,33)(H,30,34)(H,31,32). The first kappa shape index (κ1) is 25.5. The highest BCUT2D eigenvalue weighted by Gasteiger charge is 2.12. The van der Waals surface area contributed by atoms with Crippen LogP contribution < -0.4 is 21.3 Å². The number of hydrogen-bond acceptors (Lipinski definition) is 5. The van der Waals surface area contributed by atoms with Gasteiger partial charge in [0.1, 0.15) is 0 Å². The average molecular weight is 475 g/mol. The Morgan fingerprint density at radius 1 is 0.829 bits per heavy atom. The molecule has 1 atom stereocenters. The van der Waals surface area contributed by atoms with Crippen LogP contribution >= 0.6 is 0 Å². The normalized spacial score (nSPS) is 11.3. The number of amides is 3. The Kier molecular flexibility index (Phi) is 9.39. The van der Waals surface area contributed by atoms with Gasteiger partial charge in [-0.3, -0.25) is 14.4 Å². The van der Waals surface area contributed by atoms with Gasteiger partial charge in [0.2, 0.25) is 5.91 Å². The lowest BCUT2D eigenvalue weighted by Gasteiger charge is -2.15. The highest BCUT2D eigenvalue weighted by atomic mass is 16.5. The second-order valence-corrected chi connectivity index (χ2v) is 7.92. The fraction of sp³-hybridized carbons (Fsp3) is 0.222. The number of nitrogens with one attached hydrogen (secondary N) is 4. The predicted molar refractivity (Wildman–Crippen MR) is 137 cm³/mol. The number of hydrogen-bond donors (Lipinski definition) is 4. The molecule has 0 saturated carbocycles. The Hall–Kier alpha value is -4.17. The molecule has 8 heteroatoms. The number of carbonyl (C=O) groups excluding carboxylic acids is 3. The molecule has 3 aromatic rings. The van der Waals surface area contributed by atoms with Gasteiger partial charge in [-0.1, -0.05) is 42.5 Å². The first-order valence-electron chi connectivity index (χ1n) is 11.3. The third-order valence-electron chi connectivity index (χ3n) is 5.23. The topological polar surface area (TPSA) is 109 Å². The van der Waals surface area contributed by atoms with Gasteiger partial charge in [0, 0.05) is 36.2 Å². The van der Waals surface area contributed by atoms with Crippen LogP contribution in [-0.2, 0) is 9.53 Å². The van der Waals surface area contributed by atoms with E-state index in [0.717, 1.165) is 5.56 Å². The number of anilines is 2. The van der Waals surface area contributed by atoms with Gasteiger partial charge in [0.05, 0.1) is 19.2 Å². The lowest BCUT2D eigenvalue weighted by Crippen LogP contribution is -2.27. The molecule has 182 valence electrons. The van der Waals surface area contributed by atoms with Crippen molar-refractivity contribution in [3.05, 3.63) is 95.6 Å². The maximum absolute atomic E-state index is 12.7. The van der Waals surface area contributed by atoms with E-state index in [1.807, 2.05) is 37.3 Å². The summed E-state index contributed by atoms with van der Waals surface area (Å²) in [6, 6.07) is 23.2. The van der Waals surface area contributed by atoms with Crippen molar-refractivity contribution in [2.75, 3.05) is 37.4 Å². The van der Waals surface area contributed by atoms with E-state index in [2.05, 4.69) is 21.3 Å². The maximum atomic E-state index is 12.7. The van der Waals surface area contributed by atoms with E-state index in [9.17, 15) is 14.4 Å². The molecule has 0 aliphatic carbocycles. The fourth-order valence-electron chi connectivity index (χ4n) is 3.37. The summed E-state index contributed by atoms with van der Waals surface area (Å²) in [5.74, 6) is -0.724. The largest absolute Gasteiger partial charge is 0.383 e. The number of methoxy groups -OCH3 is 1. The summed E-state index contributed by atoms with van der Waals surface area (Å²) in [6.45, 7) is 2.76. The van der Waals surface area contributed by atoms with Crippen LogP contribution in [0, 0.1) is 0 Å². The van der Waals surface area contributed by atoms with Crippen molar-refractivity contribution in [2.45, 2.75) is 13.0 Å². The highest BCUT2D eigenvalue weighted by Crippen LogP contribution is 2.15. The fourth-order valence-corrected chi connectivity index (χ4v) is 3.37. The van der Waals surface area contributed by atoms with Crippen molar-refractivity contribution in [3.63, 3.8) is 0 Å². The van der Waals surface area contributed by atoms with E-state index in [4.69, 9.17) is 4.74 Å². The van der Waals surface area contributed by atoms with Gasteiger partial charge in [-0.2, -0.15) is 0 Å². The summed E-state index contributed by atoms with van der Waals surface area (Å²) in [7, 11) is 1.57. The molecule has 0 aromatic heterocycles. The molecular weight excluding hydrogens is 444 g/mol. The minimum Gasteiger partial charge on any atom is -0.383 e. The van der Waals surface area contributed by atoms with Gasteiger partial charge < -0.3 is 26.0 Å². The van der Waals surface area contributed by atoms with E-state index >= 15 is 0 Å². The molecule has 0 bridgehead atoms. The van der Waals surface area contributed by atoms with Crippen LogP contribution in [0.2, 0.25) is 0 Å². The zero-order valence-electron chi connectivity index (χ0n) is 19.8. The third-order valence-corrected chi connectivity index (χ3v) is 5.23. The molecule has 0 spiro atoms. The van der Waals surface area contributed by atoms with Crippen LogP contribution in [0.15, 0.2) is 78.9 Å². The van der Waals surface area contributed by atoms with Crippen LogP contribution in [-0.4, -0.2) is 44.5 Å². The van der Waals surface area contributed by atoms with Gasteiger partial charge >= 0.3 is 0 Å². The molecule has 0 saturated heterocycles. The molecule has 0 aliphatic heterocycles. The van der Waals surface area contributed by atoms with E-state index < -0.39 is 0 Å². The van der Waals surface area contributed by atoms with Crippen molar-refractivity contribution < 1.29 is 19.1 Å². The Morgan fingerprint density at radius 3 is 2.20 bits per heavy atom. The lowest BCUT2D eigenvalue weighted by molar-refractivity contribution is -0.114. The molecule has 4 N–H and O–H groups in total. The summed E-state index contributed by atoms with van der Waals surface area (Å²) < 4.78 is 4.93. The highest BCUT2D eigenvalue weighted by molar-refractivity contribution is 5.98. The minimum absolute atomic E-state index is 0.00376. The van der Waals surface area contributed by atoms with Gasteiger partial charge in [0.25, 0.3) is 11.8 Å². The third kappa shape index (κ3) is 7.97. The summed E-state index contributed by atoms with van der Waals surface area (Å²) >= 11 is 0. The van der Waals surface area contributed by atoms with Crippen molar-refractivity contribution >= 4 is 29.1 Å². The molecule has 3 amide bonds. The van der Waals surface area contributed by atoms with Crippen LogP contribution in [0.25, 0.3) is 0 Å². The van der Waals surface area contributed by atoms with E-state index in [0.29, 0.717) is 35.7 Å². The van der Waals surface area contributed by atoms with Crippen LogP contribution in [0.1, 0.15) is 39.2 Å². The Labute approximate surface area is 205 Å². The number of rotatable bonds is 11. The second-order valence-electron chi connectivity index (χ2n) is 7.92. The first-order chi connectivity index (χ1) is 17.0. The molecule has 3 aromatic carbocycles. The van der Waals surface area contributed by atoms with Crippen LogP contribution in [0.3, 0.4) is 0 Å². The zero-order valence-corrected chi connectivity index (χ0v) is 19.8. The Bertz CT molecular complexity index is 1150. The molecule has 0 heterocycles. The SMILES string of the molecule is COCCNC(=O)c1cccc(NCC(=O)Nc2cccc(C(=O)NC(C)c3ccccc3)c2)c1. The molecule has 0 fully saturated rings. The Balaban J connectivity index is 1.52. The van der Waals surface area contributed by atoms with Crippen molar-refractivity contribution in [3.8, 4) is 0 Å². The first-order valence-corrected chi connectivity index (χ1v) is 11.3. The average Bonchev–Trinajstić information content (AvgIpc) is 2.88. The van der Waals surface area contributed by atoms with Crippen LogP contribution in [0.4, 0.5) is 11.4 Å². The van der Waals surface area contributed by atoms with Gasteiger partial charge in [-0.25, -0.2) is 0 Å². The maximum Gasteiger partial charge on any atom is 0.251 e. The molecule has 8 nitrogen and oxygen atoms in total. The lowest BCUT2D eigenvalue weighted by atomic mass is 10.1. The Morgan fingerprint density at radius 2 is 1.49 bits per heavy atom. The zero-order chi connectivity index (χ0) is 25.0. The van der Waals surface area contributed by atoms with Gasteiger partial charge in [-0.05, 0) is 48.9 Å². The van der Waals surface area contributed by atoms with Crippen molar-refractivity contribution in [1.29, 1.82) is 0 Å². The van der Waals surface area contributed by atoms with Gasteiger partial charge in [0.15, 0.2) is 0 Å². The second kappa shape index (κ2) is 12.9. The number of ether oxygens (including phenoxy) is 1. The summed E-state index contributed by atoms with van der Waals surface area (Å²) in [4.78, 5) is 37.3. The number of carbonyl (C=O) groups is 3. The molecular formula is C27H30N4O4. The minimum atomic E-state index is -0.282. The van der Waals surface area contributed by atoms with E-state index in [1.165, 1.54) is 0 Å². The smallest absolute Gasteiger partial charge is 0.251 e. The van der Waals surface area contributed by atoms with Crippen molar-refractivity contribution in [1.82, 2.24) is 10.6 Å². The summed E-state index contributed by atoms with van der Waals surface area (Å²) in [6.07, 6.45) is 0. The molecule has 1 unspecified atom stereocenters. The van der Waals surface area contributed by atoms with Crippen LogP contribution in [0.5, 0.6) is 0 Å². The van der Waals surface area contributed by atoms with Crippen molar-refractivity contribution in [2.24, 2.45) is 0 Å². The molecule has 0 radical (unpaired) electrons. The van der Waals surface area contributed by atoms with E-state index in [-0.39, 0.29) is 30.3 Å². The summed E-state index contributed by atoms with van der Waals surface area (Å²) in [5, 5.41) is 11.5. The van der Waals surface area contributed by atoms with Gasteiger partial charge in [-0.15, -0.1) is 0 Å². The number of benzene rings is 3.